The number of anilines is 1. The van der Waals surface area contributed by atoms with Crippen molar-refractivity contribution in [2.75, 3.05) is 24.0 Å². The molecule has 2 aromatic carbocycles. The summed E-state index contributed by atoms with van der Waals surface area (Å²) < 4.78 is 33.2. The summed E-state index contributed by atoms with van der Waals surface area (Å²) >= 11 is 0. The van der Waals surface area contributed by atoms with Crippen molar-refractivity contribution < 1.29 is 17.9 Å². The molecule has 0 aromatic heterocycles. The van der Waals surface area contributed by atoms with Crippen LogP contribution in [0.15, 0.2) is 53.4 Å². The Balaban J connectivity index is 2.30. The third kappa shape index (κ3) is 6.49. The first kappa shape index (κ1) is 22.7. The van der Waals surface area contributed by atoms with Crippen molar-refractivity contribution in [3.05, 3.63) is 54.1 Å². The van der Waals surface area contributed by atoms with Crippen molar-refractivity contribution in [1.82, 2.24) is 5.32 Å². The molecule has 6 nitrogen and oxygen atoms in total. The number of hydrogen-bond acceptors (Lipinski definition) is 4. The van der Waals surface area contributed by atoms with Gasteiger partial charge in [-0.1, -0.05) is 31.5 Å². The van der Waals surface area contributed by atoms with Gasteiger partial charge in [-0.2, -0.15) is 0 Å². The highest BCUT2D eigenvalue weighted by Crippen LogP contribution is 2.25. The maximum absolute atomic E-state index is 13.3. The summed E-state index contributed by atoms with van der Waals surface area (Å²) in [7, 11) is -3.92. The number of nitrogens with one attached hydrogen (secondary N) is 1. The summed E-state index contributed by atoms with van der Waals surface area (Å²) in [6.07, 6.45) is 0.835. The number of aryl methyl sites for hydroxylation is 1. The first-order valence-corrected chi connectivity index (χ1v) is 11.3. The largest absolute Gasteiger partial charge is 0.494 e. The van der Waals surface area contributed by atoms with Crippen LogP contribution in [0.5, 0.6) is 5.75 Å². The molecule has 0 saturated heterocycles. The predicted octanol–water partition coefficient (Wildman–Crippen LogP) is 3.75. The van der Waals surface area contributed by atoms with Crippen molar-refractivity contribution in [3.63, 3.8) is 0 Å². The Bertz CT molecular complexity index is 891. The summed E-state index contributed by atoms with van der Waals surface area (Å²) in [5.74, 6) is 0.719. The Labute approximate surface area is 173 Å². The molecule has 0 radical (unpaired) electrons. The highest BCUT2D eigenvalue weighted by Gasteiger charge is 2.27. The smallest absolute Gasteiger partial charge is 0.264 e. The van der Waals surface area contributed by atoms with Gasteiger partial charge >= 0.3 is 0 Å². The monoisotopic (exact) mass is 418 g/mol. The number of hydrogen-bond donors (Lipinski definition) is 1. The summed E-state index contributed by atoms with van der Waals surface area (Å²) in [6, 6.07) is 13.3. The van der Waals surface area contributed by atoms with Crippen LogP contribution < -0.4 is 14.4 Å². The summed E-state index contributed by atoms with van der Waals surface area (Å²) in [5.41, 5.74) is 1.46. The molecule has 0 saturated carbocycles. The van der Waals surface area contributed by atoms with Gasteiger partial charge in [-0.25, -0.2) is 8.42 Å². The van der Waals surface area contributed by atoms with E-state index in [1.807, 2.05) is 26.0 Å². The van der Waals surface area contributed by atoms with E-state index in [1.165, 1.54) is 12.1 Å². The van der Waals surface area contributed by atoms with Crippen LogP contribution in [0.1, 0.15) is 32.8 Å². The molecular weight excluding hydrogens is 388 g/mol. The fraction of sp³-hybridized carbons (Fsp3) is 0.409. The van der Waals surface area contributed by atoms with Crippen LogP contribution in [0.3, 0.4) is 0 Å². The molecule has 0 aliphatic carbocycles. The number of carbonyl (C=O) groups is 1. The molecule has 0 unspecified atom stereocenters. The van der Waals surface area contributed by atoms with Gasteiger partial charge in [0, 0.05) is 6.54 Å². The van der Waals surface area contributed by atoms with Crippen LogP contribution in [-0.4, -0.2) is 34.0 Å². The maximum atomic E-state index is 13.3. The molecule has 158 valence electrons. The molecule has 0 bridgehead atoms. The highest BCUT2D eigenvalue weighted by atomic mass is 32.2. The van der Waals surface area contributed by atoms with Crippen molar-refractivity contribution in [3.8, 4) is 5.75 Å². The SMILES string of the molecule is CCOc1ccc(S(=O)(=O)N(CC(=O)NCCC(C)C)c2ccc(C)cc2)cc1. The molecule has 7 heteroatoms. The lowest BCUT2D eigenvalue weighted by atomic mass is 10.1. The molecule has 29 heavy (non-hydrogen) atoms. The third-order valence-corrected chi connectivity index (χ3v) is 6.16. The van der Waals surface area contributed by atoms with E-state index < -0.39 is 10.0 Å². The normalized spacial score (nSPS) is 11.3. The molecule has 1 N–H and O–H groups in total. The van der Waals surface area contributed by atoms with Gasteiger partial charge in [-0.3, -0.25) is 9.10 Å². The van der Waals surface area contributed by atoms with Crippen molar-refractivity contribution in [1.29, 1.82) is 0 Å². The van der Waals surface area contributed by atoms with Crippen molar-refractivity contribution in [2.45, 2.75) is 39.0 Å². The van der Waals surface area contributed by atoms with E-state index in [2.05, 4.69) is 19.2 Å². The number of sulfonamides is 1. The van der Waals surface area contributed by atoms with Crippen LogP contribution in [-0.2, 0) is 14.8 Å². The third-order valence-electron chi connectivity index (χ3n) is 4.38. The van der Waals surface area contributed by atoms with Gasteiger partial charge in [-0.15, -0.1) is 0 Å². The lowest BCUT2D eigenvalue weighted by Crippen LogP contribution is -2.41. The van der Waals surface area contributed by atoms with Crippen LogP contribution in [0.25, 0.3) is 0 Å². The fourth-order valence-corrected chi connectivity index (χ4v) is 4.14. The van der Waals surface area contributed by atoms with Gasteiger partial charge in [0.05, 0.1) is 17.2 Å². The Kier molecular flexibility index (Phi) is 8.08. The lowest BCUT2D eigenvalue weighted by molar-refractivity contribution is -0.119. The van der Waals surface area contributed by atoms with Crippen molar-refractivity contribution in [2.24, 2.45) is 5.92 Å². The van der Waals surface area contributed by atoms with E-state index in [9.17, 15) is 13.2 Å². The van der Waals surface area contributed by atoms with E-state index in [1.54, 1.807) is 24.3 Å². The van der Waals surface area contributed by atoms with Crippen molar-refractivity contribution >= 4 is 21.6 Å². The average Bonchev–Trinajstić information content (AvgIpc) is 2.67. The van der Waals surface area contributed by atoms with Gasteiger partial charge in [0.1, 0.15) is 12.3 Å². The summed E-state index contributed by atoms with van der Waals surface area (Å²) in [6.45, 7) is 8.66. The molecule has 1 amide bonds. The van der Waals surface area contributed by atoms with E-state index in [4.69, 9.17) is 4.74 Å². The van der Waals surface area contributed by atoms with Crippen LogP contribution >= 0.6 is 0 Å². The second kappa shape index (κ2) is 10.3. The molecule has 0 aliphatic rings. The zero-order valence-electron chi connectivity index (χ0n) is 17.5. The fourth-order valence-electron chi connectivity index (χ4n) is 2.71. The molecule has 0 aliphatic heterocycles. The van der Waals surface area contributed by atoms with Gasteiger partial charge in [-0.05, 0) is 62.6 Å². The topological polar surface area (TPSA) is 75.7 Å². The second-order valence-corrected chi connectivity index (χ2v) is 9.15. The number of benzene rings is 2. The van der Waals surface area contributed by atoms with E-state index >= 15 is 0 Å². The number of rotatable bonds is 10. The minimum absolute atomic E-state index is 0.108. The quantitative estimate of drug-likeness (QED) is 0.638. The minimum Gasteiger partial charge on any atom is -0.494 e. The van der Waals surface area contributed by atoms with E-state index in [-0.39, 0.29) is 17.3 Å². The van der Waals surface area contributed by atoms with Crippen LogP contribution in [0.2, 0.25) is 0 Å². The maximum Gasteiger partial charge on any atom is 0.264 e. The first-order chi connectivity index (χ1) is 13.7. The van der Waals surface area contributed by atoms with Crippen LogP contribution in [0, 0.1) is 12.8 Å². The first-order valence-electron chi connectivity index (χ1n) is 9.83. The van der Waals surface area contributed by atoms with Crippen LogP contribution in [0.4, 0.5) is 5.69 Å². The van der Waals surface area contributed by atoms with Gasteiger partial charge in [0.15, 0.2) is 0 Å². The summed E-state index contributed by atoms with van der Waals surface area (Å²) in [4.78, 5) is 12.6. The van der Waals surface area contributed by atoms with Gasteiger partial charge < -0.3 is 10.1 Å². The van der Waals surface area contributed by atoms with E-state index in [0.29, 0.717) is 30.5 Å². The molecule has 0 atom stereocenters. The molecule has 2 rings (SSSR count). The second-order valence-electron chi connectivity index (χ2n) is 7.28. The molecule has 0 fully saturated rings. The molecular formula is C22H30N2O4S. The zero-order chi connectivity index (χ0) is 21.4. The number of carbonyl (C=O) groups excluding carboxylic acids is 1. The summed E-state index contributed by atoms with van der Waals surface area (Å²) in [5, 5.41) is 2.81. The van der Waals surface area contributed by atoms with E-state index in [0.717, 1.165) is 16.3 Å². The van der Waals surface area contributed by atoms with Gasteiger partial charge in [0.2, 0.25) is 5.91 Å². The Morgan fingerprint density at radius 2 is 1.69 bits per heavy atom. The number of amides is 1. The molecule has 0 spiro atoms. The highest BCUT2D eigenvalue weighted by molar-refractivity contribution is 7.92. The Hall–Kier alpha value is -2.54. The zero-order valence-corrected chi connectivity index (χ0v) is 18.3. The number of nitrogens with zero attached hydrogens (tertiary/aromatic N) is 1. The standard InChI is InChI=1S/C22H30N2O4S/c1-5-28-20-10-12-21(13-11-20)29(26,27)24(19-8-6-18(4)7-9-19)16-22(25)23-15-14-17(2)3/h6-13,17H,5,14-16H2,1-4H3,(H,23,25). The molecule has 2 aromatic rings. The molecule has 0 heterocycles. The minimum atomic E-state index is -3.92. The predicted molar refractivity (Wildman–Crippen MR) is 116 cm³/mol. The average molecular weight is 419 g/mol. The number of ether oxygens (including phenoxy) is 1. The lowest BCUT2D eigenvalue weighted by Gasteiger charge is -2.24. The Morgan fingerprint density at radius 1 is 1.07 bits per heavy atom. The Morgan fingerprint density at radius 3 is 2.24 bits per heavy atom. The van der Waals surface area contributed by atoms with Gasteiger partial charge in [0.25, 0.3) is 10.0 Å².